The second-order valence-corrected chi connectivity index (χ2v) is 8.15. The first-order valence-electron chi connectivity index (χ1n) is 10.4. The van der Waals surface area contributed by atoms with E-state index >= 15 is 0 Å². The van der Waals surface area contributed by atoms with Crippen LogP contribution in [0.15, 0.2) is 42.6 Å². The van der Waals surface area contributed by atoms with Crippen LogP contribution < -0.4 is 4.90 Å². The summed E-state index contributed by atoms with van der Waals surface area (Å²) in [4.78, 5) is 10.9. The summed E-state index contributed by atoms with van der Waals surface area (Å²) < 4.78 is 69.5. The van der Waals surface area contributed by atoms with Gasteiger partial charge in [0.15, 0.2) is 23.0 Å². The zero-order chi connectivity index (χ0) is 24.2. The van der Waals surface area contributed by atoms with Crippen LogP contribution in [0.3, 0.4) is 0 Å². The van der Waals surface area contributed by atoms with E-state index in [1.165, 1.54) is 23.5 Å². The molecule has 6 nitrogen and oxygen atoms in total. The number of hydrogen-bond donors (Lipinski definition) is 1. The molecule has 4 aromatic rings. The topological polar surface area (TPSA) is 67.1 Å². The van der Waals surface area contributed by atoms with Gasteiger partial charge in [0.05, 0.1) is 10.9 Å². The molecule has 0 spiro atoms. The van der Waals surface area contributed by atoms with E-state index in [2.05, 4.69) is 15.1 Å². The lowest BCUT2D eigenvalue weighted by molar-refractivity contribution is -0.140. The van der Waals surface area contributed by atoms with Crippen molar-refractivity contribution in [1.82, 2.24) is 19.7 Å². The molecular weight excluding hydrogens is 457 g/mol. The number of nitrogens with zero attached hydrogens (tertiary/aromatic N) is 5. The molecule has 3 heterocycles. The molecule has 1 aliphatic heterocycles. The number of alkyl halides is 3. The maximum atomic E-state index is 14.6. The Labute approximate surface area is 190 Å². The Balaban J connectivity index is 1.54. The number of aryl methyl sites for hydroxylation is 1. The van der Waals surface area contributed by atoms with Crippen molar-refractivity contribution in [2.45, 2.75) is 25.1 Å². The molecule has 0 saturated carbocycles. The quantitative estimate of drug-likeness (QED) is 0.428. The highest BCUT2D eigenvalue weighted by Crippen LogP contribution is 2.41. The number of aromatic hydroxyl groups is 1. The number of anilines is 1. The Morgan fingerprint density at radius 1 is 1.12 bits per heavy atom. The fourth-order valence-corrected chi connectivity index (χ4v) is 4.17. The predicted molar refractivity (Wildman–Crippen MR) is 114 cm³/mol. The predicted octanol–water partition coefficient (Wildman–Crippen LogP) is 4.85. The van der Waals surface area contributed by atoms with Gasteiger partial charge in [-0.25, -0.2) is 18.4 Å². The first-order valence-corrected chi connectivity index (χ1v) is 10.4. The number of aromatic nitrogens is 4. The molecule has 1 atom stereocenters. The fourth-order valence-electron chi connectivity index (χ4n) is 4.17. The summed E-state index contributed by atoms with van der Waals surface area (Å²) in [6.07, 6.45) is -2.03. The Kier molecular flexibility index (Phi) is 5.14. The van der Waals surface area contributed by atoms with Gasteiger partial charge in [0.2, 0.25) is 5.95 Å². The van der Waals surface area contributed by atoms with Gasteiger partial charge in [-0.2, -0.15) is 23.3 Å². The summed E-state index contributed by atoms with van der Waals surface area (Å²) in [6, 6.07) is 10.4. The number of halogens is 5. The smallest absolute Gasteiger partial charge is 0.419 e. The summed E-state index contributed by atoms with van der Waals surface area (Å²) in [5.41, 5.74) is -1.27. The molecule has 0 radical (unpaired) electrons. The molecule has 1 aliphatic rings. The molecule has 0 aliphatic carbocycles. The van der Waals surface area contributed by atoms with E-state index in [4.69, 9.17) is 0 Å². The third kappa shape index (κ3) is 3.61. The van der Waals surface area contributed by atoms with Crippen LogP contribution in [0.4, 0.5) is 27.9 Å². The first-order chi connectivity index (χ1) is 16.1. The van der Waals surface area contributed by atoms with Gasteiger partial charge in [-0.15, -0.1) is 0 Å². The van der Waals surface area contributed by atoms with E-state index in [1.807, 2.05) is 35.2 Å². The zero-order valence-corrected chi connectivity index (χ0v) is 17.8. The summed E-state index contributed by atoms with van der Waals surface area (Å²) in [5, 5.41) is 13.9. The number of fused-ring (bicyclic) bond motifs is 1. The number of hydrogen-bond acceptors (Lipinski definition) is 5. The number of benzene rings is 2. The van der Waals surface area contributed by atoms with Gasteiger partial charge in [-0.3, -0.25) is 0 Å². The molecule has 11 heteroatoms. The Morgan fingerprint density at radius 2 is 1.85 bits per heavy atom. The third-order valence-corrected chi connectivity index (χ3v) is 6.02. The van der Waals surface area contributed by atoms with Gasteiger partial charge in [0, 0.05) is 31.4 Å². The second kappa shape index (κ2) is 7.93. The van der Waals surface area contributed by atoms with Gasteiger partial charge in [0.1, 0.15) is 5.69 Å². The van der Waals surface area contributed by atoms with Gasteiger partial charge >= 0.3 is 6.18 Å². The minimum Gasteiger partial charge on any atom is -0.503 e. The Bertz CT molecular complexity index is 1390. The van der Waals surface area contributed by atoms with Crippen molar-refractivity contribution in [3.63, 3.8) is 0 Å². The van der Waals surface area contributed by atoms with Crippen molar-refractivity contribution in [1.29, 1.82) is 0 Å². The van der Waals surface area contributed by atoms with Crippen LogP contribution in [0.1, 0.15) is 17.5 Å². The lowest BCUT2D eigenvalue weighted by Crippen LogP contribution is -2.50. The van der Waals surface area contributed by atoms with Crippen molar-refractivity contribution >= 4 is 17.0 Å². The number of rotatable bonds is 4. The molecule has 176 valence electrons. The van der Waals surface area contributed by atoms with E-state index in [0.29, 0.717) is 12.0 Å². The minimum atomic E-state index is -5.14. The van der Waals surface area contributed by atoms with Crippen LogP contribution in [0, 0.1) is 11.6 Å². The van der Waals surface area contributed by atoms with Crippen LogP contribution >= 0.6 is 0 Å². The van der Waals surface area contributed by atoms with Gasteiger partial charge in [0.25, 0.3) is 0 Å². The fraction of sp³-hybridized carbons (Fsp3) is 0.261. The summed E-state index contributed by atoms with van der Waals surface area (Å²) in [7, 11) is 1.51. The molecule has 1 fully saturated rings. The molecule has 0 amide bonds. The summed E-state index contributed by atoms with van der Waals surface area (Å²) in [5.74, 6) is -4.91. The normalized spacial score (nSPS) is 16.2. The van der Waals surface area contributed by atoms with Crippen LogP contribution in [0.2, 0.25) is 0 Å². The van der Waals surface area contributed by atoms with Crippen LogP contribution in [-0.4, -0.2) is 37.4 Å². The zero-order valence-electron chi connectivity index (χ0n) is 17.8. The number of phenols is 1. The molecular formula is C23H18F5N5O. The molecule has 2 aromatic heterocycles. The standard InChI is InChI=1S/C23H18F5N5O/c1-32-21-15(19(31-32)14-10-16(23(26,27)28)18(25)20(34)17(14)24)11-29-22(30-21)33-8-7-13(33)9-12-5-3-2-4-6-12/h2-6,10-11,13,34H,7-9H2,1H3/t13-/m0/s1. The van der Waals surface area contributed by atoms with E-state index in [-0.39, 0.29) is 22.8 Å². The second-order valence-electron chi connectivity index (χ2n) is 8.15. The van der Waals surface area contributed by atoms with E-state index in [9.17, 15) is 27.1 Å². The van der Waals surface area contributed by atoms with E-state index < -0.39 is 34.7 Å². The largest absolute Gasteiger partial charge is 0.503 e. The van der Waals surface area contributed by atoms with Gasteiger partial charge in [-0.1, -0.05) is 30.3 Å². The minimum absolute atomic E-state index is 0.171. The van der Waals surface area contributed by atoms with Crippen molar-refractivity contribution in [3.05, 3.63) is 65.4 Å². The first kappa shape index (κ1) is 22.1. The van der Waals surface area contributed by atoms with E-state index in [1.54, 1.807) is 0 Å². The molecule has 1 N–H and O–H groups in total. The van der Waals surface area contributed by atoms with E-state index in [0.717, 1.165) is 19.4 Å². The van der Waals surface area contributed by atoms with Crippen LogP contribution in [0.25, 0.3) is 22.3 Å². The van der Waals surface area contributed by atoms with Crippen molar-refractivity contribution < 1.29 is 27.1 Å². The van der Waals surface area contributed by atoms with Gasteiger partial charge in [-0.05, 0) is 24.5 Å². The highest BCUT2D eigenvalue weighted by Gasteiger charge is 2.38. The van der Waals surface area contributed by atoms with Crippen LogP contribution in [0.5, 0.6) is 5.75 Å². The Morgan fingerprint density at radius 3 is 2.50 bits per heavy atom. The third-order valence-electron chi connectivity index (χ3n) is 6.02. The summed E-state index contributed by atoms with van der Waals surface area (Å²) in [6.45, 7) is 0.739. The number of phenolic OH excluding ortho intramolecular Hbond substituents is 1. The molecule has 1 saturated heterocycles. The van der Waals surface area contributed by atoms with Crippen molar-refractivity contribution in [2.75, 3.05) is 11.4 Å². The maximum absolute atomic E-state index is 14.6. The van der Waals surface area contributed by atoms with Crippen LogP contribution in [-0.2, 0) is 19.6 Å². The molecule has 34 heavy (non-hydrogen) atoms. The molecule has 0 unspecified atom stereocenters. The maximum Gasteiger partial charge on any atom is 0.419 e. The summed E-state index contributed by atoms with van der Waals surface area (Å²) >= 11 is 0. The average molecular weight is 475 g/mol. The highest BCUT2D eigenvalue weighted by molar-refractivity contribution is 5.91. The lowest BCUT2D eigenvalue weighted by atomic mass is 9.96. The van der Waals surface area contributed by atoms with Crippen molar-refractivity contribution in [2.24, 2.45) is 7.05 Å². The lowest BCUT2D eigenvalue weighted by Gasteiger charge is -2.41. The molecule has 5 rings (SSSR count). The van der Waals surface area contributed by atoms with Crippen molar-refractivity contribution in [3.8, 4) is 17.0 Å². The average Bonchev–Trinajstić information content (AvgIpc) is 3.11. The monoisotopic (exact) mass is 475 g/mol. The van der Waals surface area contributed by atoms with Gasteiger partial charge < -0.3 is 10.0 Å². The SMILES string of the molecule is Cn1nc(-c2cc(C(F)(F)F)c(F)c(O)c2F)c2cnc(N3CC[C@H]3Cc3ccccc3)nc21. The Hall–Kier alpha value is -3.76. The molecule has 0 bridgehead atoms. The molecule has 2 aromatic carbocycles. The highest BCUT2D eigenvalue weighted by atomic mass is 19.4.